The molecule has 6 heteroatoms. The van der Waals surface area contributed by atoms with Crippen molar-refractivity contribution >= 4 is 17.5 Å². The van der Waals surface area contributed by atoms with Crippen molar-refractivity contribution in [1.29, 1.82) is 0 Å². The van der Waals surface area contributed by atoms with Gasteiger partial charge in [-0.3, -0.25) is 14.4 Å². The van der Waals surface area contributed by atoms with Crippen molar-refractivity contribution in [2.45, 2.75) is 77.1 Å². The van der Waals surface area contributed by atoms with E-state index >= 15 is 0 Å². The van der Waals surface area contributed by atoms with E-state index in [4.69, 9.17) is 9.47 Å². The summed E-state index contributed by atoms with van der Waals surface area (Å²) in [6.07, 6.45) is 8.65. The van der Waals surface area contributed by atoms with Crippen LogP contribution in [0.25, 0.3) is 0 Å². The summed E-state index contributed by atoms with van der Waals surface area (Å²) in [6.45, 7) is 7.31. The Bertz CT molecular complexity index is 934. The number of aliphatic hydroxyl groups is 1. The number of rotatable bonds is 4. The molecule has 0 radical (unpaired) electrons. The summed E-state index contributed by atoms with van der Waals surface area (Å²) >= 11 is 0. The van der Waals surface area contributed by atoms with Gasteiger partial charge in [-0.25, -0.2) is 0 Å². The van der Waals surface area contributed by atoms with Crippen LogP contribution in [-0.2, 0) is 23.9 Å². The van der Waals surface area contributed by atoms with Gasteiger partial charge in [0.15, 0.2) is 11.4 Å². The molecule has 1 heterocycles. The first-order valence-electron chi connectivity index (χ1n) is 11.6. The second kappa shape index (κ2) is 6.38. The normalized spacial score (nSPS) is 49.3. The monoisotopic (exact) mass is 428 g/mol. The summed E-state index contributed by atoms with van der Waals surface area (Å²) in [4.78, 5) is 37.7. The van der Waals surface area contributed by atoms with Crippen molar-refractivity contribution in [2.24, 2.45) is 28.6 Å². The van der Waals surface area contributed by atoms with Gasteiger partial charge in [-0.05, 0) is 56.6 Å². The lowest BCUT2D eigenvalue weighted by Gasteiger charge is -2.56. The molecule has 1 saturated heterocycles. The van der Waals surface area contributed by atoms with Crippen LogP contribution in [0.1, 0.15) is 59.8 Å². The van der Waals surface area contributed by atoms with Crippen molar-refractivity contribution in [3.8, 4) is 0 Å². The molecule has 4 aliphatic carbocycles. The van der Waals surface area contributed by atoms with Crippen LogP contribution >= 0.6 is 0 Å². The van der Waals surface area contributed by atoms with E-state index in [9.17, 15) is 19.5 Å². The Morgan fingerprint density at radius 1 is 1.29 bits per heavy atom. The zero-order valence-electron chi connectivity index (χ0n) is 18.8. The summed E-state index contributed by atoms with van der Waals surface area (Å²) in [5.74, 6) is -0.614. The molecule has 0 aromatic rings. The van der Waals surface area contributed by atoms with Gasteiger partial charge in [0.1, 0.15) is 12.2 Å². The van der Waals surface area contributed by atoms with E-state index in [0.29, 0.717) is 6.42 Å². The third kappa shape index (κ3) is 2.28. The Hall–Kier alpha value is -1.79. The van der Waals surface area contributed by atoms with Crippen LogP contribution in [0, 0.1) is 28.6 Å². The lowest BCUT2D eigenvalue weighted by molar-refractivity contribution is -0.193. The Kier molecular flexibility index (Phi) is 4.34. The van der Waals surface area contributed by atoms with Crippen LogP contribution in [0.4, 0.5) is 0 Å². The number of carbonyl (C=O) groups is 3. The summed E-state index contributed by atoms with van der Waals surface area (Å²) < 4.78 is 12.5. The van der Waals surface area contributed by atoms with Gasteiger partial charge in [-0.15, -0.1) is 0 Å². The first kappa shape index (κ1) is 21.1. The van der Waals surface area contributed by atoms with Gasteiger partial charge >= 0.3 is 5.97 Å². The lowest BCUT2D eigenvalue weighted by Crippen LogP contribution is -2.63. The van der Waals surface area contributed by atoms with Crippen molar-refractivity contribution < 1.29 is 29.0 Å². The Labute approximate surface area is 183 Å². The van der Waals surface area contributed by atoms with Crippen molar-refractivity contribution in [3.63, 3.8) is 0 Å². The second-order valence-electron chi connectivity index (χ2n) is 10.7. The summed E-state index contributed by atoms with van der Waals surface area (Å²) in [6, 6.07) is 0. The molecule has 0 amide bonds. The smallest absolute Gasteiger partial charge is 0.306 e. The molecule has 1 aliphatic heterocycles. The minimum Gasteiger partial charge on any atom is -0.450 e. The van der Waals surface area contributed by atoms with Gasteiger partial charge in [0.2, 0.25) is 5.78 Å². The minimum atomic E-state index is -1.33. The summed E-state index contributed by atoms with van der Waals surface area (Å²) in [7, 11) is 0. The average molecular weight is 429 g/mol. The number of Topliss-reactive ketones (excluding diaryl/α,β-unsaturated/α-hetero) is 1. The molecule has 168 valence electrons. The molecule has 3 saturated carbocycles. The third-order valence-electron chi connectivity index (χ3n) is 9.59. The third-order valence-corrected chi connectivity index (χ3v) is 9.59. The molecular weight excluding hydrogens is 396 g/mol. The van der Waals surface area contributed by atoms with E-state index in [1.807, 2.05) is 13.0 Å². The number of ether oxygens (including phenoxy) is 2. The number of esters is 1. The van der Waals surface area contributed by atoms with Gasteiger partial charge in [0, 0.05) is 23.2 Å². The maximum atomic E-state index is 13.2. The van der Waals surface area contributed by atoms with Crippen LogP contribution in [0.2, 0.25) is 0 Å². The van der Waals surface area contributed by atoms with Crippen LogP contribution in [0.15, 0.2) is 23.8 Å². The Morgan fingerprint density at radius 3 is 2.71 bits per heavy atom. The molecule has 8 unspecified atom stereocenters. The number of carbonyl (C=O) groups excluding carboxylic acids is 3. The molecule has 0 aromatic carbocycles. The van der Waals surface area contributed by atoms with E-state index in [0.717, 1.165) is 24.8 Å². The van der Waals surface area contributed by atoms with Crippen molar-refractivity contribution in [1.82, 2.24) is 0 Å². The molecule has 1 spiro atoms. The summed E-state index contributed by atoms with van der Waals surface area (Å²) in [5.41, 5.74) is -1.48. The fraction of sp³-hybridized carbons (Fsp3) is 0.720. The Balaban J connectivity index is 1.60. The lowest BCUT2D eigenvalue weighted by atomic mass is 9.46. The van der Waals surface area contributed by atoms with Crippen LogP contribution < -0.4 is 0 Å². The van der Waals surface area contributed by atoms with Crippen LogP contribution in [-0.4, -0.2) is 46.6 Å². The van der Waals surface area contributed by atoms with Crippen molar-refractivity contribution in [3.05, 3.63) is 23.8 Å². The van der Waals surface area contributed by atoms with E-state index in [2.05, 4.69) is 13.8 Å². The molecule has 5 rings (SSSR count). The van der Waals surface area contributed by atoms with Crippen LogP contribution in [0.5, 0.6) is 0 Å². The highest BCUT2D eigenvalue weighted by Gasteiger charge is 2.82. The van der Waals surface area contributed by atoms with Gasteiger partial charge in [-0.2, -0.15) is 0 Å². The predicted octanol–water partition coefficient (Wildman–Crippen LogP) is 2.93. The molecule has 8 atom stereocenters. The molecule has 31 heavy (non-hydrogen) atoms. The maximum absolute atomic E-state index is 13.2. The number of allylic oxidation sites excluding steroid dienone is 2. The van der Waals surface area contributed by atoms with E-state index in [1.54, 1.807) is 19.1 Å². The largest absolute Gasteiger partial charge is 0.450 e. The van der Waals surface area contributed by atoms with Gasteiger partial charge in [0.05, 0.1) is 6.10 Å². The number of aliphatic hydroxyl groups excluding tert-OH is 1. The first-order valence-corrected chi connectivity index (χ1v) is 11.6. The fourth-order valence-corrected chi connectivity index (χ4v) is 8.21. The summed E-state index contributed by atoms with van der Waals surface area (Å²) in [5, 5.41) is 9.88. The number of hydrogen-bond acceptors (Lipinski definition) is 6. The first-order chi connectivity index (χ1) is 14.6. The highest BCUT2D eigenvalue weighted by Crippen LogP contribution is 2.76. The predicted molar refractivity (Wildman–Crippen MR) is 112 cm³/mol. The van der Waals surface area contributed by atoms with E-state index < -0.39 is 29.4 Å². The Morgan fingerprint density at radius 2 is 2.03 bits per heavy atom. The molecule has 1 N–H and O–H groups in total. The average Bonchev–Trinajstić information content (AvgIpc) is 3.41. The topological polar surface area (TPSA) is 93.2 Å². The highest BCUT2D eigenvalue weighted by atomic mass is 16.6. The number of hydrogen-bond donors (Lipinski definition) is 1. The quantitative estimate of drug-likeness (QED) is 0.547. The minimum absolute atomic E-state index is 0.0358. The molecule has 0 bridgehead atoms. The zero-order valence-corrected chi connectivity index (χ0v) is 18.8. The fourth-order valence-electron chi connectivity index (χ4n) is 8.21. The molecule has 5 aliphatic rings. The molecule has 4 fully saturated rings. The van der Waals surface area contributed by atoms with E-state index in [1.165, 1.54) is 0 Å². The van der Waals surface area contributed by atoms with Gasteiger partial charge in [-0.1, -0.05) is 32.4 Å². The number of fused-ring (bicyclic) bond motifs is 3. The number of epoxide rings is 1. The van der Waals surface area contributed by atoms with Gasteiger partial charge in [0.25, 0.3) is 0 Å². The zero-order chi connectivity index (χ0) is 22.4. The van der Waals surface area contributed by atoms with E-state index in [-0.39, 0.29) is 47.1 Å². The standard InChI is InChI=1S/C25H32O6/c1-5-21(29)31-24(19(28)13-26)14(2)10-18-17-7-6-15-11-16(27)8-9-22(15,3)25(17)20(30-25)12-23(18,24)4/h8-9,11,14,17-18,20,26H,5-7,10,12-13H2,1-4H3. The maximum Gasteiger partial charge on any atom is 0.306 e. The number of ketones is 2. The molecule has 0 aromatic heterocycles. The van der Waals surface area contributed by atoms with Crippen molar-refractivity contribution in [2.75, 3.05) is 6.61 Å². The van der Waals surface area contributed by atoms with Gasteiger partial charge < -0.3 is 14.6 Å². The van der Waals surface area contributed by atoms with Crippen LogP contribution in [0.3, 0.4) is 0 Å². The highest BCUT2D eigenvalue weighted by molar-refractivity contribution is 6.01. The second-order valence-corrected chi connectivity index (χ2v) is 10.7. The molecule has 6 nitrogen and oxygen atoms in total. The SMILES string of the molecule is CCC(=O)OC1(C(=O)CO)C(C)CC2C3CCC4=CC(=O)C=CC4(C)C34OC4CC21C. The molecular formula is C25H32O6.